The molecule has 0 aliphatic rings. The predicted octanol–water partition coefficient (Wildman–Crippen LogP) is 5.00. The summed E-state index contributed by atoms with van der Waals surface area (Å²) in [5.74, 6) is -0.00285. The molecular weight excluding hydrogens is 329 g/mol. The summed E-state index contributed by atoms with van der Waals surface area (Å²) >= 11 is 6.26. The third kappa shape index (κ3) is 3.70. The van der Waals surface area contributed by atoms with Crippen LogP contribution in [0.15, 0.2) is 65.8 Å². The van der Waals surface area contributed by atoms with E-state index in [2.05, 4.69) is 9.98 Å². The summed E-state index contributed by atoms with van der Waals surface area (Å²) < 4.78 is 19.4. The SMILES string of the molecule is Nc1ccc(Oc2ccnc(/N=C\c3ccccc3)c2Cl)c(F)c1. The molecule has 0 bridgehead atoms. The van der Waals surface area contributed by atoms with Crippen molar-refractivity contribution in [3.63, 3.8) is 0 Å². The molecule has 0 saturated heterocycles. The number of aliphatic imine (C=N–C) groups is 1. The van der Waals surface area contributed by atoms with Crippen molar-refractivity contribution >= 4 is 29.3 Å². The van der Waals surface area contributed by atoms with Gasteiger partial charge in [0, 0.05) is 30.2 Å². The number of aromatic nitrogens is 1. The zero-order valence-corrected chi connectivity index (χ0v) is 13.2. The first-order valence-corrected chi connectivity index (χ1v) is 7.48. The smallest absolute Gasteiger partial charge is 0.174 e. The van der Waals surface area contributed by atoms with Gasteiger partial charge in [-0.05, 0) is 17.7 Å². The Hall–Kier alpha value is -2.92. The molecule has 1 heterocycles. The number of ether oxygens (including phenoxy) is 1. The van der Waals surface area contributed by atoms with Crippen LogP contribution in [0.1, 0.15) is 5.56 Å². The van der Waals surface area contributed by atoms with E-state index in [1.54, 1.807) is 18.3 Å². The lowest BCUT2D eigenvalue weighted by atomic mass is 10.2. The lowest BCUT2D eigenvalue weighted by molar-refractivity contribution is 0.442. The molecule has 0 atom stereocenters. The highest BCUT2D eigenvalue weighted by molar-refractivity contribution is 6.34. The lowest BCUT2D eigenvalue weighted by Crippen LogP contribution is -1.92. The summed E-state index contributed by atoms with van der Waals surface area (Å²) in [7, 11) is 0. The Morgan fingerprint density at radius 3 is 2.62 bits per heavy atom. The van der Waals surface area contributed by atoms with Crippen LogP contribution >= 0.6 is 11.6 Å². The second-order valence-electron chi connectivity index (χ2n) is 4.91. The largest absolute Gasteiger partial charge is 0.453 e. The number of nitrogens with two attached hydrogens (primary N) is 1. The Morgan fingerprint density at radius 2 is 1.88 bits per heavy atom. The summed E-state index contributed by atoms with van der Waals surface area (Å²) in [6.07, 6.45) is 3.13. The number of benzene rings is 2. The van der Waals surface area contributed by atoms with Crippen LogP contribution in [0, 0.1) is 5.82 Å². The minimum atomic E-state index is -0.572. The maximum atomic E-state index is 13.8. The second-order valence-corrected chi connectivity index (χ2v) is 5.29. The number of halogens is 2. The first-order valence-electron chi connectivity index (χ1n) is 7.10. The minimum absolute atomic E-state index is 0.0234. The minimum Gasteiger partial charge on any atom is -0.453 e. The maximum Gasteiger partial charge on any atom is 0.174 e. The topological polar surface area (TPSA) is 60.5 Å². The Labute approximate surface area is 143 Å². The van der Waals surface area contributed by atoms with E-state index in [1.165, 1.54) is 18.3 Å². The molecule has 0 saturated carbocycles. The molecule has 3 rings (SSSR count). The van der Waals surface area contributed by atoms with E-state index < -0.39 is 5.82 Å². The summed E-state index contributed by atoms with van der Waals surface area (Å²) in [5, 5.41) is 0.195. The number of pyridine rings is 1. The summed E-state index contributed by atoms with van der Waals surface area (Å²) in [6.45, 7) is 0. The summed E-state index contributed by atoms with van der Waals surface area (Å²) in [6, 6.07) is 15.2. The molecular formula is C18H13ClFN3O. The Morgan fingerprint density at radius 1 is 1.08 bits per heavy atom. The van der Waals surface area contributed by atoms with Gasteiger partial charge in [0.2, 0.25) is 0 Å². The fraction of sp³-hybridized carbons (Fsp3) is 0. The molecule has 0 fully saturated rings. The molecule has 0 radical (unpaired) electrons. The van der Waals surface area contributed by atoms with E-state index in [1.807, 2.05) is 30.3 Å². The van der Waals surface area contributed by atoms with Crippen LogP contribution in [0.2, 0.25) is 5.02 Å². The van der Waals surface area contributed by atoms with Crippen molar-refractivity contribution in [2.75, 3.05) is 5.73 Å². The van der Waals surface area contributed by atoms with Crippen LogP contribution in [0.3, 0.4) is 0 Å². The van der Waals surface area contributed by atoms with Gasteiger partial charge in [-0.25, -0.2) is 14.4 Å². The number of hydrogen-bond acceptors (Lipinski definition) is 4. The number of rotatable bonds is 4. The quantitative estimate of drug-likeness (QED) is 0.536. The van der Waals surface area contributed by atoms with Gasteiger partial charge in [-0.3, -0.25) is 0 Å². The molecule has 2 N–H and O–H groups in total. The second kappa shape index (κ2) is 7.10. The first-order chi connectivity index (χ1) is 11.6. The first kappa shape index (κ1) is 16.0. The van der Waals surface area contributed by atoms with E-state index >= 15 is 0 Å². The summed E-state index contributed by atoms with van der Waals surface area (Å²) in [5.41, 5.74) is 6.74. The monoisotopic (exact) mass is 341 g/mol. The van der Waals surface area contributed by atoms with Crippen LogP contribution in [0.5, 0.6) is 11.5 Å². The molecule has 120 valence electrons. The van der Waals surface area contributed by atoms with Crippen molar-refractivity contribution in [1.29, 1.82) is 0 Å². The molecule has 24 heavy (non-hydrogen) atoms. The molecule has 0 unspecified atom stereocenters. The maximum absolute atomic E-state index is 13.8. The Bertz CT molecular complexity index is 885. The van der Waals surface area contributed by atoms with Gasteiger partial charge in [0.15, 0.2) is 23.1 Å². The van der Waals surface area contributed by atoms with Gasteiger partial charge in [-0.1, -0.05) is 41.9 Å². The van der Waals surface area contributed by atoms with Crippen LogP contribution in [-0.2, 0) is 0 Å². The Kier molecular flexibility index (Phi) is 4.72. The number of anilines is 1. The van der Waals surface area contributed by atoms with Gasteiger partial charge in [-0.2, -0.15) is 0 Å². The molecule has 6 heteroatoms. The lowest BCUT2D eigenvalue weighted by Gasteiger charge is -2.09. The van der Waals surface area contributed by atoms with Gasteiger partial charge in [0.05, 0.1) is 0 Å². The fourth-order valence-electron chi connectivity index (χ4n) is 1.98. The van der Waals surface area contributed by atoms with Gasteiger partial charge in [0.25, 0.3) is 0 Å². The van der Waals surface area contributed by atoms with E-state index in [0.717, 1.165) is 5.56 Å². The van der Waals surface area contributed by atoms with Crippen LogP contribution in [0.4, 0.5) is 15.9 Å². The molecule has 2 aromatic carbocycles. The van der Waals surface area contributed by atoms with E-state index in [4.69, 9.17) is 22.1 Å². The van der Waals surface area contributed by atoms with Crippen LogP contribution in [-0.4, -0.2) is 11.2 Å². The van der Waals surface area contributed by atoms with Gasteiger partial charge < -0.3 is 10.5 Å². The van der Waals surface area contributed by atoms with Gasteiger partial charge in [-0.15, -0.1) is 0 Å². The van der Waals surface area contributed by atoms with Crippen LogP contribution < -0.4 is 10.5 Å². The van der Waals surface area contributed by atoms with E-state index in [0.29, 0.717) is 5.69 Å². The van der Waals surface area contributed by atoms with Crippen molar-refractivity contribution in [3.05, 3.63) is 77.2 Å². The van der Waals surface area contributed by atoms with Gasteiger partial charge >= 0.3 is 0 Å². The van der Waals surface area contributed by atoms with Crippen molar-refractivity contribution in [1.82, 2.24) is 4.98 Å². The van der Waals surface area contributed by atoms with E-state index in [9.17, 15) is 4.39 Å². The van der Waals surface area contributed by atoms with Crippen LogP contribution in [0.25, 0.3) is 0 Å². The average Bonchev–Trinajstić information content (AvgIpc) is 2.59. The number of hydrogen-bond donors (Lipinski definition) is 1. The highest BCUT2D eigenvalue weighted by Gasteiger charge is 2.11. The number of nitrogens with zero attached hydrogens (tertiary/aromatic N) is 2. The van der Waals surface area contributed by atoms with Crippen molar-refractivity contribution in [2.45, 2.75) is 0 Å². The van der Waals surface area contributed by atoms with Crippen molar-refractivity contribution in [3.8, 4) is 11.5 Å². The molecule has 4 nitrogen and oxygen atoms in total. The van der Waals surface area contributed by atoms with Crippen molar-refractivity contribution in [2.24, 2.45) is 4.99 Å². The zero-order valence-electron chi connectivity index (χ0n) is 12.5. The zero-order chi connectivity index (χ0) is 16.9. The Balaban J connectivity index is 1.87. The van der Waals surface area contributed by atoms with E-state index in [-0.39, 0.29) is 22.3 Å². The predicted molar refractivity (Wildman–Crippen MR) is 93.8 cm³/mol. The molecule has 1 aromatic heterocycles. The number of nitrogen functional groups attached to an aromatic ring is 1. The molecule has 0 aliphatic heterocycles. The highest BCUT2D eigenvalue weighted by atomic mass is 35.5. The molecule has 0 amide bonds. The third-order valence-corrected chi connectivity index (χ3v) is 3.50. The third-order valence-electron chi connectivity index (χ3n) is 3.15. The highest BCUT2D eigenvalue weighted by Crippen LogP contribution is 2.36. The fourth-order valence-corrected chi connectivity index (χ4v) is 2.18. The molecule has 0 aliphatic carbocycles. The molecule has 3 aromatic rings. The normalized spacial score (nSPS) is 10.9. The van der Waals surface area contributed by atoms with Crippen molar-refractivity contribution < 1.29 is 9.13 Å². The molecule has 0 spiro atoms. The van der Waals surface area contributed by atoms with Gasteiger partial charge in [0.1, 0.15) is 5.02 Å². The average molecular weight is 342 g/mol. The standard InChI is InChI=1S/C18H13ClFN3O/c19-17-16(24-15-7-6-13(21)10-14(15)20)8-9-22-18(17)23-11-12-4-2-1-3-5-12/h1-11H,21H2/b23-11-. The summed E-state index contributed by atoms with van der Waals surface area (Å²) in [4.78, 5) is 8.36.